The second kappa shape index (κ2) is 9.50. The minimum atomic E-state index is -3.64. The molecule has 32 heavy (non-hydrogen) atoms. The van der Waals surface area contributed by atoms with Crippen molar-refractivity contribution in [2.75, 3.05) is 13.1 Å². The fraction of sp³-hybridized carbons (Fsp3) is 0.250. The van der Waals surface area contributed by atoms with Crippen LogP contribution in [0.15, 0.2) is 76.4 Å². The van der Waals surface area contributed by atoms with Gasteiger partial charge in [-0.15, -0.1) is 0 Å². The highest BCUT2D eigenvalue weighted by Crippen LogP contribution is 2.23. The van der Waals surface area contributed by atoms with Crippen LogP contribution < -0.4 is 10.9 Å². The Labute approximate surface area is 187 Å². The Morgan fingerprint density at radius 1 is 0.906 bits per heavy atom. The van der Waals surface area contributed by atoms with Gasteiger partial charge in [0.15, 0.2) is 0 Å². The number of aromatic nitrogens is 1. The summed E-state index contributed by atoms with van der Waals surface area (Å²) in [5.74, 6) is -0.559. The first kappa shape index (κ1) is 22.0. The largest absolute Gasteiger partial charge is 0.348 e. The van der Waals surface area contributed by atoms with Crippen molar-refractivity contribution in [1.82, 2.24) is 14.6 Å². The van der Waals surface area contributed by atoms with Crippen molar-refractivity contribution in [3.63, 3.8) is 0 Å². The maximum atomic E-state index is 13.1. The molecule has 1 fully saturated rings. The summed E-state index contributed by atoms with van der Waals surface area (Å²) in [6, 6.07) is 19.2. The van der Waals surface area contributed by atoms with Gasteiger partial charge in [-0.25, -0.2) is 8.42 Å². The van der Waals surface area contributed by atoms with Crippen LogP contribution in [0.25, 0.3) is 11.3 Å². The zero-order valence-electron chi connectivity index (χ0n) is 17.6. The van der Waals surface area contributed by atoms with Crippen LogP contribution in [0.2, 0.25) is 0 Å². The fourth-order valence-electron chi connectivity index (χ4n) is 3.86. The summed E-state index contributed by atoms with van der Waals surface area (Å²) in [7, 11) is -3.64. The second-order valence-electron chi connectivity index (χ2n) is 7.74. The molecule has 0 atom stereocenters. The number of carbonyl (C=O) groups excluding carboxylic acids is 1. The molecule has 1 aromatic heterocycles. The third-order valence-electron chi connectivity index (χ3n) is 5.58. The summed E-state index contributed by atoms with van der Waals surface area (Å²) in [5, 5.41) is 2.69. The molecule has 2 heterocycles. The number of nitrogens with zero attached hydrogens (tertiary/aromatic N) is 1. The van der Waals surface area contributed by atoms with E-state index in [4.69, 9.17) is 0 Å². The van der Waals surface area contributed by atoms with Crippen LogP contribution in [0.1, 0.15) is 35.2 Å². The first-order valence-electron chi connectivity index (χ1n) is 10.6. The number of amides is 1. The number of sulfonamides is 1. The van der Waals surface area contributed by atoms with Gasteiger partial charge in [-0.3, -0.25) is 9.59 Å². The average Bonchev–Trinajstić information content (AvgIpc) is 2.83. The molecular weight excluding hydrogens is 426 g/mol. The van der Waals surface area contributed by atoms with Gasteiger partial charge in [-0.05, 0) is 42.2 Å². The number of aromatic amines is 1. The summed E-state index contributed by atoms with van der Waals surface area (Å²) in [6.07, 6.45) is 2.72. The zero-order chi connectivity index (χ0) is 22.6. The van der Waals surface area contributed by atoms with Gasteiger partial charge < -0.3 is 10.3 Å². The number of pyridine rings is 1. The number of rotatable bonds is 6. The molecule has 0 spiro atoms. The normalized spacial score (nSPS) is 14.8. The molecule has 0 unspecified atom stereocenters. The van der Waals surface area contributed by atoms with Gasteiger partial charge in [0.2, 0.25) is 10.0 Å². The molecule has 0 aliphatic carbocycles. The second-order valence-corrected chi connectivity index (χ2v) is 9.64. The molecular formula is C24H25N3O4S. The van der Waals surface area contributed by atoms with E-state index in [0.717, 1.165) is 24.8 Å². The number of piperidine rings is 1. The van der Waals surface area contributed by atoms with Crippen molar-refractivity contribution < 1.29 is 13.2 Å². The molecule has 8 heteroatoms. The molecule has 7 nitrogen and oxygen atoms in total. The Morgan fingerprint density at radius 3 is 2.31 bits per heavy atom. The molecule has 1 saturated heterocycles. The van der Waals surface area contributed by atoms with E-state index < -0.39 is 21.5 Å². The van der Waals surface area contributed by atoms with Gasteiger partial charge in [-0.1, -0.05) is 55.0 Å². The van der Waals surface area contributed by atoms with E-state index in [9.17, 15) is 18.0 Å². The Morgan fingerprint density at radius 2 is 1.59 bits per heavy atom. The summed E-state index contributed by atoms with van der Waals surface area (Å²) in [4.78, 5) is 28.1. The van der Waals surface area contributed by atoms with E-state index in [1.807, 2.05) is 30.3 Å². The Hall–Kier alpha value is -3.23. The van der Waals surface area contributed by atoms with Gasteiger partial charge in [0.1, 0.15) is 5.56 Å². The summed E-state index contributed by atoms with van der Waals surface area (Å²) in [5.41, 5.74) is 1.42. The van der Waals surface area contributed by atoms with Crippen molar-refractivity contribution >= 4 is 15.9 Å². The van der Waals surface area contributed by atoms with Crippen LogP contribution in [0.4, 0.5) is 0 Å². The smallest absolute Gasteiger partial charge is 0.261 e. The van der Waals surface area contributed by atoms with Crippen LogP contribution in [0.3, 0.4) is 0 Å². The highest BCUT2D eigenvalue weighted by molar-refractivity contribution is 7.89. The van der Waals surface area contributed by atoms with Crippen LogP contribution in [-0.2, 0) is 16.6 Å². The predicted octanol–water partition coefficient (Wildman–Crippen LogP) is 3.15. The fourth-order valence-corrected chi connectivity index (χ4v) is 5.59. The quantitative estimate of drug-likeness (QED) is 0.601. The predicted molar refractivity (Wildman–Crippen MR) is 123 cm³/mol. The lowest BCUT2D eigenvalue weighted by Gasteiger charge is -2.26. The summed E-state index contributed by atoms with van der Waals surface area (Å²) < 4.78 is 27.7. The molecule has 1 aliphatic rings. The number of carbonyl (C=O) groups is 1. The highest BCUT2D eigenvalue weighted by Gasteiger charge is 2.28. The first-order chi connectivity index (χ1) is 15.5. The lowest BCUT2D eigenvalue weighted by atomic mass is 10.1. The highest BCUT2D eigenvalue weighted by atomic mass is 32.2. The average molecular weight is 452 g/mol. The van der Waals surface area contributed by atoms with Crippen molar-refractivity contribution in [1.29, 1.82) is 0 Å². The van der Waals surface area contributed by atoms with Crippen LogP contribution >= 0.6 is 0 Å². The van der Waals surface area contributed by atoms with Crippen LogP contribution in [0, 0.1) is 0 Å². The molecule has 0 bridgehead atoms. The van der Waals surface area contributed by atoms with E-state index in [-0.39, 0.29) is 17.0 Å². The van der Waals surface area contributed by atoms with Crippen molar-refractivity contribution in [3.05, 3.63) is 88.2 Å². The third kappa shape index (κ3) is 4.66. The molecule has 0 saturated carbocycles. The van der Waals surface area contributed by atoms with E-state index in [1.54, 1.807) is 30.3 Å². The van der Waals surface area contributed by atoms with E-state index >= 15 is 0 Å². The number of nitrogens with one attached hydrogen (secondary N) is 2. The maximum absolute atomic E-state index is 13.1. The molecule has 2 aromatic carbocycles. The monoisotopic (exact) mass is 451 g/mol. The maximum Gasteiger partial charge on any atom is 0.261 e. The molecule has 1 aliphatic heterocycles. The van der Waals surface area contributed by atoms with E-state index in [2.05, 4.69) is 10.3 Å². The first-order valence-corrected chi connectivity index (χ1v) is 12.1. The van der Waals surface area contributed by atoms with E-state index in [0.29, 0.717) is 24.3 Å². The molecule has 166 valence electrons. The SMILES string of the molecule is O=C(NCc1ccccc1S(=O)(=O)N1CCCCC1)c1ccc(-c2ccccc2)[nH]c1=O. The molecule has 1 amide bonds. The van der Waals surface area contributed by atoms with Crippen LogP contribution in [0.5, 0.6) is 0 Å². The third-order valence-corrected chi connectivity index (χ3v) is 7.58. The van der Waals surface area contributed by atoms with Crippen molar-refractivity contribution in [3.8, 4) is 11.3 Å². The molecule has 4 rings (SSSR count). The van der Waals surface area contributed by atoms with Crippen LogP contribution in [-0.4, -0.2) is 36.7 Å². The number of hydrogen-bond acceptors (Lipinski definition) is 4. The number of hydrogen-bond donors (Lipinski definition) is 2. The summed E-state index contributed by atoms with van der Waals surface area (Å²) >= 11 is 0. The number of benzene rings is 2. The molecule has 2 N–H and O–H groups in total. The van der Waals surface area contributed by atoms with Gasteiger partial charge in [0.25, 0.3) is 11.5 Å². The lowest BCUT2D eigenvalue weighted by Crippen LogP contribution is -2.36. The van der Waals surface area contributed by atoms with E-state index in [1.165, 1.54) is 10.4 Å². The Kier molecular flexibility index (Phi) is 6.53. The molecule has 0 radical (unpaired) electrons. The standard InChI is InChI=1S/C24H25N3O4S/c28-23(20-13-14-21(26-24(20)29)18-9-3-1-4-10-18)25-17-19-11-5-6-12-22(19)32(30,31)27-15-7-2-8-16-27/h1,3-6,9-14H,2,7-8,15-17H2,(H,25,28)(H,26,29). The van der Waals surface area contributed by atoms with Gasteiger partial charge in [0.05, 0.1) is 4.90 Å². The zero-order valence-corrected chi connectivity index (χ0v) is 18.4. The van der Waals surface area contributed by atoms with Gasteiger partial charge in [-0.2, -0.15) is 4.31 Å². The van der Waals surface area contributed by atoms with Gasteiger partial charge in [0, 0.05) is 25.3 Å². The van der Waals surface area contributed by atoms with Crippen molar-refractivity contribution in [2.45, 2.75) is 30.7 Å². The minimum absolute atomic E-state index is 0.00194. The Bertz CT molecular complexity index is 1260. The Balaban J connectivity index is 1.51. The number of H-pyrrole nitrogens is 1. The minimum Gasteiger partial charge on any atom is -0.348 e. The lowest BCUT2D eigenvalue weighted by molar-refractivity contribution is 0.0949. The molecule has 3 aromatic rings. The van der Waals surface area contributed by atoms with Gasteiger partial charge >= 0.3 is 0 Å². The topological polar surface area (TPSA) is 99.3 Å². The van der Waals surface area contributed by atoms with Crippen molar-refractivity contribution in [2.24, 2.45) is 0 Å². The summed E-state index contributed by atoms with van der Waals surface area (Å²) in [6.45, 7) is 1.01.